The molecular weight excluding hydrogens is 389 g/mol. The van der Waals surface area contributed by atoms with Crippen LogP contribution in [0.3, 0.4) is 0 Å². The number of nitrogens with two attached hydrogens (primary N) is 1. The van der Waals surface area contributed by atoms with Crippen molar-refractivity contribution in [1.29, 1.82) is 5.26 Å². The van der Waals surface area contributed by atoms with Crippen LogP contribution in [0.15, 0.2) is 59.9 Å². The van der Waals surface area contributed by atoms with Gasteiger partial charge in [-0.05, 0) is 44.0 Å². The third kappa shape index (κ3) is 6.52. The SMILES string of the molecule is CC(N)=NC=CNc1ccc(/C=C/C(c2cc(C)cc(C)c2)C(F)(F)F)cc1C#N. The van der Waals surface area contributed by atoms with Gasteiger partial charge in [0.2, 0.25) is 0 Å². The number of hydrogen-bond donors (Lipinski definition) is 2. The Morgan fingerprint density at radius 1 is 1.17 bits per heavy atom. The van der Waals surface area contributed by atoms with E-state index in [0.717, 1.165) is 17.2 Å². The molecule has 0 heterocycles. The molecule has 156 valence electrons. The van der Waals surface area contributed by atoms with Gasteiger partial charge in [-0.2, -0.15) is 18.4 Å². The lowest BCUT2D eigenvalue weighted by Gasteiger charge is -2.18. The van der Waals surface area contributed by atoms with Crippen molar-refractivity contribution >= 4 is 17.6 Å². The monoisotopic (exact) mass is 412 g/mol. The second-order valence-corrected chi connectivity index (χ2v) is 6.95. The van der Waals surface area contributed by atoms with Crippen molar-refractivity contribution in [2.45, 2.75) is 32.9 Å². The molecule has 3 N–H and O–H groups in total. The van der Waals surface area contributed by atoms with Gasteiger partial charge in [0.25, 0.3) is 0 Å². The number of benzene rings is 2. The normalized spacial score (nSPS) is 13.6. The molecule has 4 nitrogen and oxygen atoms in total. The van der Waals surface area contributed by atoms with Gasteiger partial charge < -0.3 is 11.1 Å². The molecule has 0 amide bonds. The summed E-state index contributed by atoms with van der Waals surface area (Å²) in [4.78, 5) is 3.88. The van der Waals surface area contributed by atoms with E-state index in [9.17, 15) is 18.4 Å². The zero-order chi connectivity index (χ0) is 22.3. The summed E-state index contributed by atoms with van der Waals surface area (Å²) >= 11 is 0. The topological polar surface area (TPSA) is 74.2 Å². The van der Waals surface area contributed by atoms with Crippen LogP contribution < -0.4 is 11.1 Å². The predicted octanol–water partition coefficient (Wildman–Crippen LogP) is 5.79. The summed E-state index contributed by atoms with van der Waals surface area (Å²) in [7, 11) is 0. The van der Waals surface area contributed by atoms with Crippen molar-refractivity contribution in [2.75, 3.05) is 5.32 Å². The number of aliphatic imine (C=N–C) groups is 1. The smallest absolute Gasteiger partial charge is 0.387 e. The molecule has 1 atom stereocenters. The molecule has 0 aliphatic carbocycles. The lowest BCUT2D eigenvalue weighted by atomic mass is 9.94. The average Bonchev–Trinajstić information content (AvgIpc) is 2.64. The number of anilines is 1. The van der Waals surface area contributed by atoms with Gasteiger partial charge in [-0.15, -0.1) is 0 Å². The van der Waals surface area contributed by atoms with Crippen LogP contribution in [0.2, 0.25) is 0 Å². The van der Waals surface area contributed by atoms with Crippen LogP contribution in [0.4, 0.5) is 18.9 Å². The summed E-state index contributed by atoms with van der Waals surface area (Å²) in [6, 6.07) is 11.7. The quantitative estimate of drug-likeness (QED) is 0.465. The first-order chi connectivity index (χ1) is 14.1. The maximum absolute atomic E-state index is 13.7. The Labute approximate surface area is 174 Å². The lowest BCUT2D eigenvalue weighted by molar-refractivity contribution is -0.139. The van der Waals surface area contributed by atoms with Gasteiger partial charge in [0.15, 0.2) is 0 Å². The molecule has 0 saturated carbocycles. The zero-order valence-electron chi connectivity index (χ0n) is 17.0. The Morgan fingerprint density at radius 2 is 1.83 bits per heavy atom. The summed E-state index contributed by atoms with van der Waals surface area (Å²) in [6.45, 7) is 5.18. The Bertz CT molecular complexity index is 1000. The summed E-state index contributed by atoms with van der Waals surface area (Å²) in [6.07, 6.45) is 1.04. The minimum atomic E-state index is -4.43. The number of allylic oxidation sites excluding steroid dienone is 1. The Balaban J connectivity index is 2.31. The van der Waals surface area contributed by atoms with Crippen LogP contribution in [0, 0.1) is 25.2 Å². The van der Waals surface area contributed by atoms with Crippen molar-refractivity contribution < 1.29 is 13.2 Å². The van der Waals surface area contributed by atoms with E-state index < -0.39 is 12.1 Å². The molecule has 30 heavy (non-hydrogen) atoms. The lowest BCUT2D eigenvalue weighted by Crippen LogP contribution is -2.19. The first-order valence-corrected chi connectivity index (χ1v) is 9.19. The summed E-state index contributed by atoms with van der Waals surface area (Å²) in [5.74, 6) is -1.35. The zero-order valence-corrected chi connectivity index (χ0v) is 17.0. The Hall–Kier alpha value is -3.53. The largest absolute Gasteiger partial charge is 0.399 e. The highest BCUT2D eigenvalue weighted by Gasteiger charge is 2.39. The first-order valence-electron chi connectivity index (χ1n) is 9.19. The molecule has 0 bridgehead atoms. The number of nitriles is 1. The van der Waals surface area contributed by atoms with E-state index in [0.29, 0.717) is 22.6 Å². The Kier molecular flexibility index (Phi) is 7.43. The fraction of sp³-hybridized carbons (Fsp3) is 0.217. The summed E-state index contributed by atoms with van der Waals surface area (Å²) < 4.78 is 41.0. The maximum atomic E-state index is 13.7. The second-order valence-electron chi connectivity index (χ2n) is 6.95. The number of hydrogen-bond acceptors (Lipinski definition) is 3. The molecule has 2 rings (SSSR count). The fourth-order valence-electron chi connectivity index (χ4n) is 2.97. The third-order valence-corrected chi connectivity index (χ3v) is 4.19. The molecule has 0 aliphatic rings. The second kappa shape index (κ2) is 9.79. The van der Waals surface area contributed by atoms with E-state index in [1.165, 1.54) is 24.5 Å². The standard InChI is InChI=1S/C23H23F3N4/c1-15-10-16(2)12-19(11-15)21(23(24,25)26)6-4-18-5-7-22(20(13-18)14-27)30-9-8-29-17(3)28/h4-13,21,30H,1-3H3,(H2,28,29)/b6-4+,9-8?. The fourth-order valence-corrected chi connectivity index (χ4v) is 2.97. The molecule has 2 aromatic rings. The minimum Gasteiger partial charge on any atom is -0.387 e. The maximum Gasteiger partial charge on any atom is 0.399 e. The summed E-state index contributed by atoms with van der Waals surface area (Å²) in [5, 5.41) is 12.3. The van der Waals surface area contributed by atoms with Crippen LogP contribution >= 0.6 is 0 Å². The van der Waals surface area contributed by atoms with Crippen LogP contribution in [0.25, 0.3) is 6.08 Å². The van der Waals surface area contributed by atoms with Crippen molar-refractivity contribution in [1.82, 2.24) is 0 Å². The molecule has 2 aromatic carbocycles. The van der Waals surface area contributed by atoms with Crippen LogP contribution in [0.5, 0.6) is 0 Å². The van der Waals surface area contributed by atoms with E-state index in [4.69, 9.17) is 5.73 Å². The molecule has 7 heteroatoms. The molecule has 1 unspecified atom stereocenters. The third-order valence-electron chi connectivity index (χ3n) is 4.19. The van der Waals surface area contributed by atoms with Gasteiger partial charge in [0.1, 0.15) is 6.07 Å². The van der Waals surface area contributed by atoms with E-state index in [-0.39, 0.29) is 5.56 Å². The van der Waals surface area contributed by atoms with Crippen molar-refractivity contribution in [3.63, 3.8) is 0 Å². The Morgan fingerprint density at radius 3 is 2.40 bits per heavy atom. The molecule has 0 spiro atoms. The highest BCUT2D eigenvalue weighted by Crippen LogP contribution is 2.37. The van der Waals surface area contributed by atoms with Gasteiger partial charge in [-0.25, -0.2) is 4.99 Å². The van der Waals surface area contributed by atoms with Gasteiger partial charge in [-0.1, -0.05) is 47.5 Å². The molecular formula is C23H23F3N4. The van der Waals surface area contributed by atoms with Crippen LogP contribution in [-0.2, 0) is 0 Å². The highest BCUT2D eigenvalue weighted by molar-refractivity contribution is 5.78. The van der Waals surface area contributed by atoms with Crippen LogP contribution in [-0.4, -0.2) is 12.0 Å². The predicted molar refractivity (Wildman–Crippen MR) is 115 cm³/mol. The first kappa shape index (κ1) is 22.8. The van der Waals surface area contributed by atoms with Crippen LogP contribution in [0.1, 0.15) is 40.7 Å². The number of rotatable bonds is 6. The molecule has 0 radical (unpaired) electrons. The van der Waals surface area contributed by atoms with E-state index in [2.05, 4.69) is 10.3 Å². The van der Waals surface area contributed by atoms with E-state index >= 15 is 0 Å². The molecule has 0 saturated heterocycles. The summed E-state index contributed by atoms with van der Waals surface area (Å²) in [5.41, 5.74) is 8.47. The van der Waals surface area contributed by atoms with Gasteiger partial charge >= 0.3 is 6.18 Å². The van der Waals surface area contributed by atoms with Crippen molar-refractivity contribution in [3.8, 4) is 6.07 Å². The van der Waals surface area contributed by atoms with E-state index in [1.54, 1.807) is 45.0 Å². The minimum absolute atomic E-state index is 0.191. The van der Waals surface area contributed by atoms with Crippen molar-refractivity contribution in [2.24, 2.45) is 10.7 Å². The van der Waals surface area contributed by atoms with Gasteiger partial charge in [-0.3, -0.25) is 0 Å². The van der Waals surface area contributed by atoms with E-state index in [1.807, 2.05) is 12.1 Å². The van der Waals surface area contributed by atoms with Gasteiger partial charge in [0.05, 0.1) is 23.0 Å². The number of alkyl halides is 3. The van der Waals surface area contributed by atoms with Crippen molar-refractivity contribution in [3.05, 3.63) is 82.7 Å². The number of nitrogens with zero attached hydrogens (tertiary/aromatic N) is 2. The van der Waals surface area contributed by atoms with Gasteiger partial charge in [0, 0.05) is 12.4 Å². The number of nitrogens with one attached hydrogen (secondary N) is 1. The molecule has 0 aromatic heterocycles. The molecule has 0 aliphatic heterocycles. The highest BCUT2D eigenvalue weighted by atomic mass is 19.4. The number of amidine groups is 1. The average molecular weight is 412 g/mol. The molecule has 0 fully saturated rings. The number of aryl methyl sites for hydroxylation is 2. The number of halogens is 3.